The van der Waals surface area contributed by atoms with Crippen LogP contribution in [-0.4, -0.2) is 70.0 Å². The summed E-state index contributed by atoms with van der Waals surface area (Å²) in [4.78, 5) is 13.4. The molecule has 0 saturated carbocycles. The molecule has 5 N–H and O–H groups in total. The number of nitrogens with zero attached hydrogens (tertiary/aromatic N) is 6. The number of hydrogen-bond donors (Lipinski definition) is 4. The van der Waals surface area contributed by atoms with Crippen molar-refractivity contribution in [3.8, 4) is 33.9 Å². The summed E-state index contributed by atoms with van der Waals surface area (Å²) in [7, 11) is 0. The largest absolute Gasteiger partial charge is 0.394 e. The highest BCUT2D eigenvalue weighted by Gasteiger charge is 2.44. The molecule has 1 fully saturated rings. The van der Waals surface area contributed by atoms with Crippen LogP contribution >= 0.6 is 0 Å². The Morgan fingerprint density at radius 3 is 2.19 bits per heavy atom. The van der Waals surface area contributed by atoms with Gasteiger partial charge in [-0.25, -0.2) is 15.0 Å². The van der Waals surface area contributed by atoms with Crippen molar-refractivity contribution in [3.63, 3.8) is 0 Å². The highest BCUT2D eigenvalue weighted by atomic mass is 16.6. The first kappa shape index (κ1) is 23.1. The smallest absolute Gasteiger partial charge is 0.184 e. The quantitative estimate of drug-likeness (QED) is 0.281. The number of aromatic nitrogens is 6. The summed E-state index contributed by atoms with van der Waals surface area (Å²) in [6.07, 6.45) is -1.62. The topological polar surface area (TPSA) is 165 Å². The number of rotatable bonds is 5. The molecule has 37 heavy (non-hydrogen) atoms. The Morgan fingerprint density at radius 1 is 0.865 bits per heavy atom. The van der Waals surface area contributed by atoms with Crippen LogP contribution in [0.25, 0.3) is 44.9 Å². The van der Waals surface area contributed by atoms with Crippen LogP contribution in [0.4, 0.5) is 5.82 Å². The molecule has 1 saturated heterocycles. The van der Waals surface area contributed by atoms with Gasteiger partial charge in [0.25, 0.3) is 0 Å². The third-order valence-corrected chi connectivity index (χ3v) is 6.45. The number of aliphatic hydroxyl groups excluding tert-OH is 3. The minimum atomic E-state index is -1.31. The van der Waals surface area contributed by atoms with Gasteiger partial charge in [0.15, 0.2) is 12.1 Å². The van der Waals surface area contributed by atoms with Crippen molar-refractivity contribution in [1.82, 2.24) is 29.7 Å². The molecule has 0 amide bonds. The van der Waals surface area contributed by atoms with Crippen molar-refractivity contribution < 1.29 is 20.1 Å². The number of aliphatic hydroxyl groups is 3. The summed E-state index contributed by atoms with van der Waals surface area (Å²) in [6, 6.07) is 19.3. The molecule has 4 atom stereocenters. The first-order valence-electron chi connectivity index (χ1n) is 11.7. The maximum Gasteiger partial charge on any atom is 0.184 e. The summed E-state index contributed by atoms with van der Waals surface area (Å²) in [6.45, 7) is -0.452. The Labute approximate surface area is 210 Å². The lowest BCUT2D eigenvalue weighted by molar-refractivity contribution is -0.0508. The second-order valence-electron chi connectivity index (χ2n) is 8.70. The Bertz CT molecular complexity index is 1560. The van der Waals surface area contributed by atoms with Crippen LogP contribution < -0.4 is 5.73 Å². The number of anilines is 1. The van der Waals surface area contributed by atoms with E-state index in [0.717, 1.165) is 11.1 Å². The maximum atomic E-state index is 10.7. The predicted molar refractivity (Wildman–Crippen MR) is 135 cm³/mol. The third-order valence-electron chi connectivity index (χ3n) is 6.45. The summed E-state index contributed by atoms with van der Waals surface area (Å²) >= 11 is 0. The van der Waals surface area contributed by atoms with E-state index in [-0.39, 0.29) is 11.6 Å². The summed E-state index contributed by atoms with van der Waals surface area (Å²) < 4.78 is 7.29. The molecule has 5 aromatic rings. The lowest BCUT2D eigenvalue weighted by Gasteiger charge is -2.17. The molecule has 1 aliphatic rings. The Morgan fingerprint density at radius 2 is 1.54 bits per heavy atom. The van der Waals surface area contributed by atoms with Crippen molar-refractivity contribution in [2.75, 3.05) is 12.3 Å². The van der Waals surface area contributed by atoms with Crippen molar-refractivity contribution in [3.05, 3.63) is 73.2 Å². The van der Waals surface area contributed by atoms with Gasteiger partial charge >= 0.3 is 0 Å². The highest BCUT2D eigenvalue weighted by Crippen LogP contribution is 2.38. The van der Waals surface area contributed by atoms with Gasteiger partial charge in [0.05, 0.1) is 17.6 Å². The Hall–Kier alpha value is -4.29. The zero-order valence-electron chi connectivity index (χ0n) is 19.5. The van der Waals surface area contributed by atoms with Crippen LogP contribution in [0.5, 0.6) is 0 Å². The fourth-order valence-electron chi connectivity index (χ4n) is 4.61. The molecule has 0 unspecified atom stereocenters. The van der Waals surface area contributed by atoms with Crippen molar-refractivity contribution in [2.45, 2.75) is 24.5 Å². The lowest BCUT2D eigenvalue weighted by Crippen LogP contribution is -2.33. The number of nitrogens with two attached hydrogens (primary N) is 1. The number of ether oxygens (including phenoxy) is 1. The van der Waals surface area contributed by atoms with Crippen LogP contribution in [0.1, 0.15) is 6.23 Å². The van der Waals surface area contributed by atoms with Gasteiger partial charge in [0.2, 0.25) is 0 Å². The van der Waals surface area contributed by atoms with Crippen LogP contribution in [-0.2, 0) is 4.74 Å². The van der Waals surface area contributed by atoms with E-state index >= 15 is 0 Å². The van der Waals surface area contributed by atoms with Crippen LogP contribution in [0.15, 0.2) is 73.2 Å². The number of fused-ring (bicyclic) bond motifs is 1. The summed E-state index contributed by atoms with van der Waals surface area (Å²) in [5.74, 6) is 0.456. The minimum Gasteiger partial charge on any atom is -0.394 e. The fourth-order valence-corrected chi connectivity index (χ4v) is 4.61. The molecular formula is C26H23N7O4. The van der Waals surface area contributed by atoms with E-state index in [1.807, 2.05) is 60.7 Å². The normalized spacial score (nSPS) is 21.5. The minimum absolute atomic E-state index is 0.183. The van der Waals surface area contributed by atoms with E-state index in [0.29, 0.717) is 28.0 Å². The molecule has 4 heterocycles. The van der Waals surface area contributed by atoms with E-state index in [1.165, 1.54) is 6.33 Å². The molecule has 0 radical (unpaired) electrons. The maximum absolute atomic E-state index is 10.7. The van der Waals surface area contributed by atoms with E-state index in [9.17, 15) is 15.3 Å². The van der Waals surface area contributed by atoms with Gasteiger partial charge in [0, 0.05) is 17.3 Å². The number of hydrogen-bond acceptors (Lipinski definition) is 10. The standard InChI is InChI=1S/C26H23N7O4/c27-23-18-16(11-33(25(18)29-13-28-23)26-22(36)21(35)17(12-34)37-26)24-30-19(14-7-3-1-4-8-14)20(31-32-24)15-9-5-2-6-10-15/h1-11,13,17,21-22,26,34-36H,12H2,(H2,27,28,29)/t17-,21+,22+,26+/m0/s1. The van der Waals surface area contributed by atoms with Crippen molar-refractivity contribution in [1.29, 1.82) is 0 Å². The zero-order valence-corrected chi connectivity index (χ0v) is 19.5. The Kier molecular flexibility index (Phi) is 5.81. The molecule has 11 heteroatoms. The van der Waals surface area contributed by atoms with Gasteiger partial charge < -0.3 is 30.4 Å². The first-order chi connectivity index (χ1) is 18.1. The van der Waals surface area contributed by atoms with Gasteiger partial charge in [-0.2, -0.15) is 0 Å². The average Bonchev–Trinajstić information content (AvgIpc) is 3.47. The summed E-state index contributed by atoms with van der Waals surface area (Å²) in [5.41, 5.74) is 10.1. The lowest BCUT2D eigenvalue weighted by atomic mass is 10.0. The van der Waals surface area contributed by atoms with Gasteiger partial charge in [-0.15, -0.1) is 10.2 Å². The average molecular weight is 498 g/mol. The van der Waals surface area contributed by atoms with Crippen molar-refractivity contribution in [2.24, 2.45) is 0 Å². The monoisotopic (exact) mass is 497 g/mol. The van der Waals surface area contributed by atoms with Crippen molar-refractivity contribution >= 4 is 16.9 Å². The van der Waals surface area contributed by atoms with E-state index in [2.05, 4.69) is 20.2 Å². The first-order valence-corrected chi connectivity index (χ1v) is 11.7. The fraction of sp³-hybridized carbons (Fsp3) is 0.192. The molecular weight excluding hydrogens is 474 g/mol. The van der Waals surface area contributed by atoms with Crippen LogP contribution in [0.2, 0.25) is 0 Å². The molecule has 6 rings (SSSR count). The Balaban J connectivity index is 1.55. The van der Waals surface area contributed by atoms with E-state index in [1.54, 1.807) is 10.8 Å². The molecule has 1 aliphatic heterocycles. The highest BCUT2D eigenvalue weighted by molar-refractivity contribution is 5.99. The molecule has 2 aromatic carbocycles. The SMILES string of the molecule is Nc1ncnc2c1c(-c1nnc(-c3ccccc3)c(-c3ccccc3)n1)cn2[C@@H]1O[C@@H](CO)[C@@H](O)[C@H]1O. The molecule has 11 nitrogen and oxygen atoms in total. The molecule has 186 valence electrons. The van der Waals surface area contributed by atoms with Gasteiger partial charge in [-0.3, -0.25) is 0 Å². The molecule has 3 aromatic heterocycles. The van der Waals surface area contributed by atoms with E-state index in [4.69, 9.17) is 15.5 Å². The molecule has 0 aliphatic carbocycles. The third kappa shape index (κ3) is 3.90. The second-order valence-corrected chi connectivity index (χ2v) is 8.70. The molecule has 0 bridgehead atoms. The van der Waals surface area contributed by atoms with Crippen LogP contribution in [0.3, 0.4) is 0 Å². The summed E-state index contributed by atoms with van der Waals surface area (Å²) in [5, 5.41) is 39.9. The number of nitrogen functional groups attached to an aromatic ring is 1. The molecule has 0 spiro atoms. The van der Waals surface area contributed by atoms with Gasteiger partial charge in [-0.1, -0.05) is 60.7 Å². The van der Waals surface area contributed by atoms with Gasteiger partial charge in [0.1, 0.15) is 47.5 Å². The predicted octanol–water partition coefficient (Wildman–Crippen LogP) is 1.81. The van der Waals surface area contributed by atoms with Gasteiger partial charge in [-0.05, 0) is 0 Å². The van der Waals surface area contributed by atoms with E-state index < -0.39 is 31.1 Å². The zero-order chi connectivity index (χ0) is 25.5. The second kappa shape index (κ2) is 9.30. The number of benzene rings is 2. The van der Waals surface area contributed by atoms with Crippen LogP contribution in [0, 0.1) is 0 Å².